The number of anilines is 2. The van der Waals surface area contributed by atoms with Gasteiger partial charge in [-0.05, 0) is 63.1 Å². The quantitative estimate of drug-likeness (QED) is 0.231. The van der Waals surface area contributed by atoms with E-state index >= 15 is 0 Å². The van der Waals surface area contributed by atoms with Gasteiger partial charge in [-0.1, -0.05) is 6.92 Å². The van der Waals surface area contributed by atoms with Crippen LogP contribution in [0.4, 0.5) is 25.1 Å². The predicted octanol–water partition coefficient (Wildman–Crippen LogP) is 5.04. The number of likely N-dealkylation sites (N-methyl/N-ethyl adjacent to an activating group) is 2. The maximum absolute atomic E-state index is 14.8. The third-order valence-electron chi connectivity index (χ3n) is 7.27. The van der Waals surface area contributed by atoms with Gasteiger partial charge < -0.3 is 29.9 Å². The summed E-state index contributed by atoms with van der Waals surface area (Å²) in [6.07, 6.45) is 4.56. The molecule has 0 aliphatic carbocycles. The zero-order chi connectivity index (χ0) is 34.5. The summed E-state index contributed by atoms with van der Waals surface area (Å²) in [6.45, 7) is 7.53. The highest BCUT2D eigenvalue weighted by atomic mass is 19.2. The Kier molecular flexibility index (Phi) is 10.6. The van der Waals surface area contributed by atoms with E-state index in [2.05, 4.69) is 20.6 Å². The Bertz CT molecular complexity index is 1790. The maximum Gasteiger partial charge on any atom is 0.410 e. The van der Waals surface area contributed by atoms with Crippen molar-refractivity contribution in [3.05, 3.63) is 71.7 Å². The number of methoxy groups -OCH3 is 1. The molecule has 14 heteroatoms. The molecular formula is C33H39F2N7O5. The lowest BCUT2D eigenvalue weighted by Crippen LogP contribution is -2.43. The Hall–Kier alpha value is -5.27. The normalized spacial score (nSPS) is 11.3. The summed E-state index contributed by atoms with van der Waals surface area (Å²) in [4.78, 5) is 49.5. The van der Waals surface area contributed by atoms with Crippen LogP contribution in [0.2, 0.25) is 0 Å². The molecule has 3 amide bonds. The number of imidazole rings is 1. The minimum Gasteiger partial charge on any atom is -0.494 e. The van der Waals surface area contributed by atoms with Crippen LogP contribution in [0.1, 0.15) is 43.6 Å². The maximum atomic E-state index is 14.8. The van der Waals surface area contributed by atoms with E-state index in [-0.39, 0.29) is 36.9 Å². The van der Waals surface area contributed by atoms with Crippen LogP contribution >= 0.6 is 0 Å². The SMILES string of the molecule is CCc1cc(Nc2nccn3c(-c4ccc(OC)c(F)c4F)cnc23)ccc1C(=O)NCC(=O)N(C)CCN(C)C(=O)OC(C)(C)C. The van der Waals surface area contributed by atoms with Crippen LogP contribution < -0.4 is 15.4 Å². The fourth-order valence-corrected chi connectivity index (χ4v) is 4.66. The molecule has 4 rings (SSSR count). The van der Waals surface area contributed by atoms with Gasteiger partial charge in [0.15, 0.2) is 23.0 Å². The molecule has 0 saturated heterocycles. The van der Waals surface area contributed by atoms with Crippen molar-refractivity contribution < 1.29 is 32.6 Å². The van der Waals surface area contributed by atoms with E-state index < -0.39 is 29.2 Å². The van der Waals surface area contributed by atoms with Gasteiger partial charge in [-0.2, -0.15) is 4.39 Å². The smallest absolute Gasteiger partial charge is 0.410 e. The molecule has 2 aromatic carbocycles. The summed E-state index contributed by atoms with van der Waals surface area (Å²) in [7, 11) is 4.45. The van der Waals surface area contributed by atoms with Gasteiger partial charge in [0.2, 0.25) is 11.7 Å². The molecule has 0 bridgehead atoms. The Balaban J connectivity index is 1.41. The van der Waals surface area contributed by atoms with Crippen LogP contribution in [-0.4, -0.2) is 88.5 Å². The molecule has 0 unspecified atom stereocenters. The fraction of sp³-hybridized carbons (Fsp3) is 0.364. The minimum atomic E-state index is -1.09. The van der Waals surface area contributed by atoms with Gasteiger partial charge in [-0.15, -0.1) is 0 Å². The first-order valence-corrected chi connectivity index (χ1v) is 14.9. The first-order chi connectivity index (χ1) is 22.2. The molecule has 0 radical (unpaired) electrons. The molecule has 2 N–H and O–H groups in total. The third kappa shape index (κ3) is 8.12. The molecule has 0 atom stereocenters. The predicted molar refractivity (Wildman–Crippen MR) is 173 cm³/mol. The first kappa shape index (κ1) is 34.6. The molecule has 0 aliphatic rings. The van der Waals surface area contributed by atoms with E-state index in [1.807, 2.05) is 6.92 Å². The number of nitrogens with one attached hydrogen (secondary N) is 2. The van der Waals surface area contributed by atoms with Crippen LogP contribution in [0.25, 0.3) is 16.9 Å². The van der Waals surface area contributed by atoms with E-state index in [1.165, 1.54) is 41.4 Å². The van der Waals surface area contributed by atoms with E-state index in [9.17, 15) is 23.2 Å². The highest BCUT2D eigenvalue weighted by Gasteiger charge is 2.22. The molecule has 2 heterocycles. The molecule has 47 heavy (non-hydrogen) atoms. The molecule has 0 fully saturated rings. The average molecular weight is 652 g/mol. The van der Waals surface area contributed by atoms with Crippen molar-refractivity contribution in [1.82, 2.24) is 29.5 Å². The molecule has 250 valence electrons. The largest absolute Gasteiger partial charge is 0.494 e. The van der Waals surface area contributed by atoms with Crippen LogP contribution in [0, 0.1) is 11.6 Å². The van der Waals surface area contributed by atoms with Crippen LogP contribution in [0.5, 0.6) is 5.75 Å². The Morgan fingerprint density at radius 3 is 2.40 bits per heavy atom. The molecule has 4 aromatic rings. The van der Waals surface area contributed by atoms with Crippen LogP contribution in [0.3, 0.4) is 0 Å². The number of amides is 3. The van der Waals surface area contributed by atoms with Gasteiger partial charge in [0.25, 0.3) is 5.91 Å². The van der Waals surface area contributed by atoms with E-state index in [4.69, 9.17) is 9.47 Å². The van der Waals surface area contributed by atoms with Crippen molar-refractivity contribution in [2.45, 2.75) is 39.7 Å². The van der Waals surface area contributed by atoms with Gasteiger partial charge >= 0.3 is 6.09 Å². The lowest BCUT2D eigenvalue weighted by molar-refractivity contribution is -0.129. The Morgan fingerprint density at radius 2 is 1.72 bits per heavy atom. The molecule has 2 aromatic heterocycles. The molecule has 0 spiro atoms. The van der Waals surface area contributed by atoms with Gasteiger partial charge in [0.1, 0.15) is 5.60 Å². The fourth-order valence-electron chi connectivity index (χ4n) is 4.66. The number of nitrogens with zero attached hydrogens (tertiary/aromatic N) is 5. The van der Waals surface area contributed by atoms with E-state index in [1.54, 1.807) is 63.7 Å². The average Bonchev–Trinajstić information content (AvgIpc) is 3.47. The monoisotopic (exact) mass is 651 g/mol. The van der Waals surface area contributed by atoms with E-state index in [0.29, 0.717) is 34.8 Å². The summed E-state index contributed by atoms with van der Waals surface area (Å²) in [5.74, 6) is -2.72. The van der Waals surface area contributed by atoms with Gasteiger partial charge in [-0.25, -0.2) is 19.2 Å². The highest BCUT2D eigenvalue weighted by molar-refractivity contribution is 5.98. The Labute approximate surface area is 271 Å². The summed E-state index contributed by atoms with van der Waals surface area (Å²) >= 11 is 0. The number of rotatable bonds is 11. The summed E-state index contributed by atoms with van der Waals surface area (Å²) in [6, 6.07) is 7.90. The third-order valence-corrected chi connectivity index (χ3v) is 7.27. The number of carbonyl (C=O) groups excluding carboxylic acids is 3. The van der Waals surface area contributed by atoms with Crippen LogP contribution in [-0.2, 0) is 16.0 Å². The van der Waals surface area contributed by atoms with Crippen molar-refractivity contribution >= 4 is 35.1 Å². The van der Waals surface area contributed by atoms with Crippen LogP contribution in [0.15, 0.2) is 48.9 Å². The second-order valence-electron chi connectivity index (χ2n) is 11.8. The van der Waals surface area contributed by atoms with Gasteiger partial charge in [-0.3, -0.25) is 14.0 Å². The second-order valence-corrected chi connectivity index (χ2v) is 11.8. The zero-order valence-electron chi connectivity index (χ0n) is 27.5. The number of ether oxygens (including phenoxy) is 2. The number of aromatic nitrogens is 3. The summed E-state index contributed by atoms with van der Waals surface area (Å²) in [5, 5.41) is 5.87. The molecule has 12 nitrogen and oxygen atoms in total. The number of fused-ring (bicyclic) bond motifs is 1. The number of hydrogen-bond acceptors (Lipinski definition) is 8. The van der Waals surface area contributed by atoms with Crippen molar-refractivity contribution in [2.75, 3.05) is 46.2 Å². The lowest BCUT2D eigenvalue weighted by atomic mass is 10.0. The number of carbonyl (C=O) groups is 3. The zero-order valence-corrected chi connectivity index (χ0v) is 27.5. The van der Waals surface area contributed by atoms with Gasteiger partial charge in [0.05, 0.1) is 25.5 Å². The number of hydrogen-bond donors (Lipinski definition) is 2. The number of aryl methyl sites for hydroxylation is 1. The minimum absolute atomic E-state index is 0.00870. The summed E-state index contributed by atoms with van der Waals surface area (Å²) in [5.41, 5.74) is 1.83. The first-order valence-electron chi connectivity index (χ1n) is 14.9. The molecule has 0 aliphatic heterocycles. The lowest BCUT2D eigenvalue weighted by Gasteiger charge is -2.26. The van der Waals surface area contributed by atoms with Crippen molar-refractivity contribution in [2.24, 2.45) is 0 Å². The Morgan fingerprint density at radius 1 is 1.00 bits per heavy atom. The standard InChI is InChI=1S/C33H39F2N7O5/c1-8-20-17-21(9-10-22(20)31(44)38-19-26(43)40(5)15-16-41(6)32(45)47-33(2,3)4)39-29-30-37-18-24(42(30)14-13-36-29)23-11-12-25(46-7)28(35)27(23)34/h9-14,17-18H,8,15-16,19H2,1-7H3,(H,36,39)(H,38,44). The molecular weight excluding hydrogens is 612 g/mol. The molecule has 0 saturated carbocycles. The topological polar surface area (TPSA) is 130 Å². The van der Waals surface area contributed by atoms with Gasteiger partial charge in [0, 0.05) is 56.4 Å². The number of benzene rings is 2. The highest BCUT2D eigenvalue weighted by Crippen LogP contribution is 2.31. The van der Waals surface area contributed by atoms with Crippen molar-refractivity contribution in [3.63, 3.8) is 0 Å². The van der Waals surface area contributed by atoms with Crippen molar-refractivity contribution in [1.29, 1.82) is 0 Å². The second kappa shape index (κ2) is 14.4. The van der Waals surface area contributed by atoms with Crippen molar-refractivity contribution in [3.8, 4) is 17.0 Å². The summed E-state index contributed by atoms with van der Waals surface area (Å²) < 4.78 is 41.0. The number of halogens is 2. The van der Waals surface area contributed by atoms with E-state index in [0.717, 1.165) is 5.56 Å².